The van der Waals surface area contributed by atoms with E-state index in [0.29, 0.717) is 0 Å². The van der Waals surface area contributed by atoms with Crippen LogP contribution in [0.1, 0.15) is 93.4 Å². The predicted octanol–water partition coefficient (Wildman–Crippen LogP) is 9.59. The number of para-hydroxylation sites is 1. The highest BCUT2D eigenvalue weighted by Gasteiger charge is 2.17. The number of nitrogens with zero attached hydrogens (tertiary/aromatic N) is 2. The lowest BCUT2D eigenvalue weighted by Crippen LogP contribution is -2.30. The predicted molar refractivity (Wildman–Crippen MR) is 185 cm³/mol. The first-order chi connectivity index (χ1) is 20.6. The molecule has 3 heterocycles. The van der Waals surface area contributed by atoms with Gasteiger partial charge in [0.1, 0.15) is 0 Å². The van der Waals surface area contributed by atoms with Gasteiger partial charge in [0.25, 0.3) is 0 Å². The van der Waals surface area contributed by atoms with E-state index in [1.165, 1.54) is 112 Å². The maximum absolute atomic E-state index is 6.06. The molecule has 0 radical (unpaired) electrons. The van der Waals surface area contributed by atoms with Crippen LogP contribution in [-0.4, -0.2) is 39.3 Å². The van der Waals surface area contributed by atoms with Gasteiger partial charge in [-0.05, 0) is 112 Å². The van der Waals surface area contributed by atoms with Crippen molar-refractivity contribution >= 4 is 23.0 Å². The molecule has 3 nitrogen and oxygen atoms in total. The average Bonchev–Trinajstić information content (AvgIpc) is 3.58. The number of halogens is 1. The maximum Gasteiger partial charge on any atom is 0.0639 e. The van der Waals surface area contributed by atoms with Crippen LogP contribution in [0.25, 0.3) is 0 Å². The summed E-state index contributed by atoms with van der Waals surface area (Å²) in [5, 5.41) is 4.27. The van der Waals surface area contributed by atoms with E-state index in [1.807, 2.05) is 18.2 Å². The number of aryl methyl sites for hydroxylation is 3. The van der Waals surface area contributed by atoms with Gasteiger partial charge < -0.3 is 15.1 Å². The third kappa shape index (κ3) is 9.78. The lowest BCUT2D eigenvalue weighted by molar-refractivity contribution is 0.460. The molecule has 2 saturated heterocycles. The normalized spacial score (nSPS) is 16.7. The summed E-state index contributed by atoms with van der Waals surface area (Å²) in [5.74, 6) is 0.793. The molecule has 0 amide bonds. The maximum atomic E-state index is 6.06. The molecule has 3 aromatic rings. The Labute approximate surface area is 261 Å². The molecule has 42 heavy (non-hydrogen) atoms. The van der Waals surface area contributed by atoms with Crippen LogP contribution in [0.3, 0.4) is 0 Å². The highest BCUT2D eigenvalue weighted by Crippen LogP contribution is 2.29. The summed E-state index contributed by atoms with van der Waals surface area (Å²) in [6, 6.07) is 24.1. The average molecular weight is 588 g/mol. The Hall–Kier alpha value is -2.49. The second-order valence-corrected chi connectivity index (χ2v) is 12.6. The first-order valence-corrected chi connectivity index (χ1v) is 17.1. The quantitative estimate of drug-likeness (QED) is 0.278. The summed E-state index contributed by atoms with van der Waals surface area (Å²) in [7, 11) is 0. The van der Waals surface area contributed by atoms with Crippen molar-refractivity contribution < 1.29 is 0 Å². The minimum Gasteiger partial charge on any atom is -0.371 e. The van der Waals surface area contributed by atoms with Gasteiger partial charge in [-0.15, -0.1) is 0 Å². The number of hydrogen-bond donors (Lipinski definition) is 1. The topological polar surface area (TPSA) is 18.5 Å². The van der Waals surface area contributed by atoms with Gasteiger partial charge in [0.2, 0.25) is 0 Å². The first kappa shape index (κ1) is 32.4. The highest BCUT2D eigenvalue weighted by molar-refractivity contribution is 6.33. The molecule has 0 spiro atoms. The van der Waals surface area contributed by atoms with E-state index < -0.39 is 0 Å². The van der Waals surface area contributed by atoms with Crippen molar-refractivity contribution in [3.63, 3.8) is 0 Å². The van der Waals surface area contributed by atoms with Gasteiger partial charge in [0, 0.05) is 31.9 Å². The fourth-order valence-electron chi connectivity index (χ4n) is 6.36. The van der Waals surface area contributed by atoms with Crippen molar-refractivity contribution in [3.8, 4) is 0 Å². The third-order valence-electron chi connectivity index (χ3n) is 8.99. The number of fused-ring (bicyclic) bond motifs is 1. The van der Waals surface area contributed by atoms with Crippen LogP contribution in [0.2, 0.25) is 5.02 Å². The molecule has 0 aliphatic carbocycles. The summed E-state index contributed by atoms with van der Waals surface area (Å²) in [6.07, 6.45) is 12.9. The zero-order valence-electron chi connectivity index (χ0n) is 26.5. The Morgan fingerprint density at radius 1 is 0.810 bits per heavy atom. The Morgan fingerprint density at radius 2 is 1.55 bits per heavy atom. The number of unbranched alkanes of at least 4 members (excludes halogenated alkanes) is 2. The van der Waals surface area contributed by atoms with Gasteiger partial charge in [-0.2, -0.15) is 0 Å². The van der Waals surface area contributed by atoms with Crippen molar-refractivity contribution in [1.82, 2.24) is 5.32 Å². The smallest absolute Gasteiger partial charge is 0.0639 e. The minimum atomic E-state index is 0.793. The second kappa shape index (κ2) is 17.6. The largest absolute Gasteiger partial charge is 0.371 e. The first-order valence-electron chi connectivity index (χ1n) is 16.7. The monoisotopic (exact) mass is 587 g/mol. The number of nitrogens with one attached hydrogen (secondary N) is 1. The summed E-state index contributed by atoms with van der Waals surface area (Å²) in [5.41, 5.74) is 8.63. The van der Waals surface area contributed by atoms with E-state index in [4.69, 9.17) is 11.6 Å². The van der Waals surface area contributed by atoms with Crippen LogP contribution in [-0.2, 0) is 12.8 Å². The number of piperidine rings is 1. The fourth-order valence-corrected chi connectivity index (χ4v) is 6.62. The van der Waals surface area contributed by atoms with Crippen LogP contribution in [0.5, 0.6) is 0 Å². The molecular formula is C38H54ClN3. The van der Waals surface area contributed by atoms with Crippen LogP contribution >= 0.6 is 11.6 Å². The highest BCUT2D eigenvalue weighted by atomic mass is 35.5. The summed E-state index contributed by atoms with van der Waals surface area (Å²) >= 11 is 6.06. The van der Waals surface area contributed by atoms with Crippen molar-refractivity contribution in [1.29, 1.82) is 0 Å². The Balaban J connectivity index is 0.000000147. The Morgan fingerprint density at radius 3 is 2.24 bits per heavy atom. The molecule has 228 valence electrons. The molecule has 1 N–H and O–H groups in total. The molecule has 4 heteroatoms. The van der Waals surface area contributed by atoms with E-state index in [-0.39, 0.29) is 0 Å². The summed E-state index contributed by atoms with van der Waals surface area (Å²) in [6.45, 7) is 13.8. The molecule has 3 aliphatic rings. The number of anilines is 2. The molecule has 0 unspecified atom stereocenters. The van der Waals surface area contributed by atoms with Crippen molar-refractivity contribution in [3.05, 3.63) is 94.0 Å². The molecule has 3 aromatic carbocycles. The Bertz CT molecular complexity index is 1180. The number of benzene rings is 3. The van der Waals surface area contributed by atoms with Gasteiger partial charge in [-0.1, -0.05) is 92.4 Å². The Kier molecular flexibility index (Phi) is 13.6. The van der Waals surface area contributed by atoms with Crippen LogP contribution in [0.4, 0.5) is 11.4 Å². The lowest BCUT2D eigenvalue weighted by Gasteiger charge is -2.32. The van der Waals surface area contributed by atoms with Crippen molar-refractivity contribution in [2.45, 2.75) is 90.9 Å². The molecule has 0 saturated carbocycles. The van der Waals surface area contributed by atoms with Crippen LogP contribution in [0, 0.1) is 6.92 Å². The number of hydrogen-bond acceptors (Lipinski definition) is 3. The molecule has 3 aliphatic heterocycles. The fraction of sp³-hybridized carbons (Fsp3) is 0.526. The molecule has 0 aromatic heterocycles. The SMILES string of the molecule is CCCCCN1CCCc2ccc(CC)cc21.Cc1ccc(C2CCNCC2)cc1.Clc1ccccc1N1CCCC1. The second-order valence-electron chi connectivity index (χ2n) is 12.2. The van der Waals surface area contributed by atoms with E-state index in [9.17, 15) is 0 Å². The summed E-state index contributed by atoms with van der Waals surface area (Å²) in [4.78, 5) is 4.95. The van der Waals surface area contributed by atoms with Crippen LogP contribution < -0.4 is 15.1 Å². The molecular weight excluding hydrogens is 534 g/mol. The molecule has 2 fully saturated rings. The molecule has 0 atom stereocenters. The van der Waals surface area contributed by atoms with E-state index in [0.717, 1.165) is 30.5 Å². The van der Waals surface area contributed by atoms with Crippen LogP contribution in [0.15, 0.2) is 66.7 Å². The molecule has 0 bridgehead atoms. The zero-order chi connectivity index (χ0) is 29.6. The van der Waals surface area contributed by atoms with Gasteiger partial charge in [0.15, 0.2) is 0 Å². The van der Waals surface area contributed by atoms with E-state index in [2.05, 4.69) is 84.4 Å². The number of rotatable bonds is 7. The van der Waals surface area contributed by atoms with Crippen molar-refractivity contribution in [2.75, 3.05) is 49.1 Å². The third-order valence-corrected chi connectivity index (χ3v) is 9.31. The van der Waals surface area contributed by atoms with Gasteiger partial charge in [0.05, 0.1) is 10.7 Å². The van der Waals surface area contributed by atoms with Gasteiger partial charge >= 0.3 is 0 Å². The van der Waals surface area contributed by atoms with Gasteiger partial charge in [-0.25, -0.2) is 0 Å². The minimum absolute atomic E-state index is 0.793. The van der Waals surface area contributed by atoms with E-state index >= 15 is 0 Å². The van der Waals surface area contributed by atoms with Crippen molar-refractivity contribution in [2.24, 2.45) is 0 Å². The van der Waals surface area contributed by atoms with Gasteiger partial charge in [-0.3, -0.25) is 0 Å². The summed E-state index contributed by atoms with van der Waals surface area (Å²) < 4.78 is 0. The zero-order valence-corrected chi connectivity index (χ0v) is 27.3. The standard InChI is InChI=1S/C16H25N.C12H17N.C10H12ClN/c1-3-5-6-11-17-12-7-8-15-10-9-14(4-2)13-16(15)17;1-10-2-4-11(5-3-10)12-6-8-13-9-7-12;11-9-5-1-2-6-10(9)12-7-3-4-8-12/h9-10,13H,3-8,11-12H2,1-2H3;2-5,12-13H,6-9H2,1H3;1-2,5-6H,3-4,7-8H2. The lowest BCUT2D eigenvalue weighted by atomic mass is 9.90. The van der Waals surface area contributed by atoms with E-state index in [1.54, 1.807) is 5.56 Å². The molecule has 6 rings (SSSR count).